The van der Waals surface area contributed by atoms with Crippen LogP contribution in [0.5, 0.6) is 0 Å². The van der Waals surface area contributed by atoms with E-state index in [4.69, 9.17) is 17.2 Å². The van der Waals surface area contributed by atoms with E-state index in [2.05, 4.69) is 37.2 Å². The number of rotatable bonds is 33. The van der Waals surface area contributed by atoms with Crippen LogP contribution in [0.3, 0.4) is 0 Å². The van der Waals surface area contributed by atoms with E-state index >= 15 is 0 Å². The van der Waals surface area contributed by atoms with E-state index in [0.717, 1.165) is 0 Å². The molecule has 1 heterocycles. The maximum atomic E-state index is 14.3. The van der Waals surface area contributed by atoms with Gasteiger partial charge in [0.15, 0.2) is 0 Å². The molecule has 1 saturated heterocycles. The largest absolute Gasteiger partial charge is 0.481 e. The summed E-state index contributed by atoms with van der Waals surface area (Å²) < 4.78 is 0. The molecule has 1 aliphatic heterocycles. The Kier molecular flexibility index (Phi) is 27.1. The van der Waals surface area contributed by atoms with Gasteiger partial charge in [0.2, 0.25) is 53.2 Å². The van der Waals surface area contributed by atoms with Crippen LogP contribution in [0.1, 0.15) is 118 Å². The minimum Gasteiger partial charge on any atom is -0.481 e. The van der Waals surface area contributed by atoms with Crippen LogP contribution in [-0.4, -0.2) is 148 Å². The van der Waals surface area contributed by atoms with E-state index in [1.54, 1.807) is 58.0 Å². The number of carboxylic acid groups (broad SMARTS) is 2. The Bertz CT molecular complexity index is 2060. The Balaban J connectivity index is 2.34. The van der Waals surface area contributed by atoms with Crippen LogP contribution < -0.4 is 54.4 Å². The molecule has 1 aliphatic rings. The molecule has 1 aromatic carbocycles. The Labute approximate surface area is 426 Å². The average molecular weight is 1030 g/mol. The number of nitrogens with two attached hydrogens (primary N) is 3. The SMILES string of the molecule is CC(C)C[C@H](NC(=O)[C@@H](NC(=O)[C@H](CCC(=O)O)NC(=O)[C@@H](N)CC(C)C)C(C)C)C(=O)N[C@@H](Cc1ccccc1)C(=O)N[C@@H](CCC(N)=O)C(=O)NCC(=O)N1CCC[C@H]1C(=O)N[C@@H](CCCCN)C(=O)O. The van der Waals surface area contributed by atoms with Gasteiger partial charge in [0.1, 0.15) is 42.3 Å². The Morgan fingerprint density at radius 1 is 0.644 bits per heavy atom. The predicted molar refractivity (Wildman–Crippen MR) is 267 cm³/mol. The maximum Gasteiger partial charge on any atom is 0.326 e. The smallest absolute Gasteiger partial charge is 0.326 e. The average Bonchev–Trinajstić information content (AvgIpc) is 3.82. The standard InChI is InChI=1S/C49H79N11O13/c1-27(2)23-31(51)42(65)54-33(18-20-40(63)64)44(67)59-41(29(5)6)48(71)58-35(24-28(3)4)45(68)57-36(25-30-13-8-7-9-14-30)46(69)55-32(17-19-38(52)61)43(66)53-26-39(62)60-22-12-16-37(60)47(70)56-34(49(72)73)15-10-11-21-50/h7-9,13-14,27-29,31-37,41H,10-12,15-26,50-51H2,1-6H3,(H2,52,61)(H,53,66)(H,54,65)(H,55,69)(H,56,70)(H,57,68)(H,58,71)(H,59,67)(H,63,64)(H,72,73)/t31-,32-,33-,34-,35-,36-,37-,41-/m0/s1. The number of carbonyl (C=O) groups is 11. The van der Waals surface area contributed by atoms with Gasteiger partial charge in [-0.3, -0.25) is 47.9 Å². The second-order valence-electron chi connectivity index (χ2n) is 19.6. The van der Waals surface area contributed by atoms with Crippen molar-refractivity contribution >= 4 is 65.1 Å². The molecule has 8 atom stereocenters. The first-order valence-electron chi connectivity index (χ1n) is 25.0. The van der Waals surface area contributed by atoms with Crippen LogP contribution >= 0.6 is 0 Å². The van der Waals surface area contributed by atoms with Crippen molar-refractivity contribution in [2.24, 2.45) is 35.0 Å². The van der Waals surface area contributed by atoms with Gasteiger partial charge in [-0.05, 0) is 87.6 Å². The fourth-order valence-corrected chi connectivity index (χ4v) is 8.09. The number of carboxylic acids is 2. The normalized spacial score (nSPS) is 16.2. The van der Waals surface area contributed by atoms with Crippen LogP contribution in [0.15, 0.2) is 30.3 Å². The second kappa shape index (κ2) is 31.7. The molecule has 0 aromatic heterocycles. The number of aliphatic carboxylic acids is 2. The van der Waals surface area contributed by atoms with Crippen molar-refractivity contribution in [2.75, 3.05) is 19.6 Å². The molecule has 0 spiro atoms. The second-order valence-corrected chi connectivity index (χ2v) is 19.6. The molecule has 0 saturated carbocycles. The van der Waals surface area contributed by atoms with Crippen molar-refractivity contribution in [3.8, 4) is 0 Å². The summed E-state index contributed by atoms with van der Waals surface area (Å²) >= 11 is 0. The lowest BCUT2D eigenvalue weighted by Gasteiger charge is -2.29. The number of nitrogens with one attached hydrogen (secondary N) is 7. The van der Waals surface area contributed by atoms with E-state index in [1.807, 2.05) is 13.8 Å². The van der Waals surface area contributed by atoms with Crippen molar-refractivity contribution in [1.29, 1.82) is 0 Å². The van der Waals surface area contributed by atoms with Crippen molar-refractivity contribution in [3.63, 3.8) is 0 Å². The van der Waals surface area contributed by atoms with Gasteiger partial charge in [0, 0.05) is 25.8 Å². The topological polar surface area (TPSA) is 394 Å². The van der Waals surface area contributed by atoms with Crippen molar-refractivity contribution < 1.29 is 63.0 Å². The van der Waals surface area contributed by atoms with Gasteiger partial charge >= 0.3 is 11.9 Å². The third kappa shape index (κ3) is 22.7. The first-order chi connectivity index (χ1) is 34.3. The summed E-state index contributed by atoms with van der Waals surface area (Å²) in [6.07, 6.45) is 0.552. The summed E-state index contributed by atoms with van der Waals surface area (Å²) in [6.45, 7) is 10.4. The zero-order chi connectivity index (χ0) is 54.9. The van der Waals surface area contributed by atoms with Gasteiger partial charge in [0.05, 0.1) is 12.6 Å². The van der Waals surface area contributed by atoms with Crippen molar-refractivity contribution in [2.45, 2.75) is 167 Å². The van der Waals surface area contributed by atoms with E-state index in [9.17, 15) is 63.0 Å². The van der Waals surface area contributed by atoms with Gasteiger partial charge in [-0.15, -0.1) is 0 Å². The number of likely N-dealkylation sites (tertiary alicyclic amines) is 1. The predicted octanol–water partition coefficient (Wildman–Crippen LogP) is -1.34. The Morgan fingerprint density at radius 3 is 1.78 bits per heavy atom. The van der Waals surface area contributed by atoms with E-state index in [-0.39, 0.29) is 69.7 Å². The molecule has 9 amide bonds. The Morgan fingerprint density at radius 2 is 1.21 bits per heavy atom. The molecule has 0 aliphatic carbocycles. The molecular weight excluding hydrogens is 951 g/mol. The van der Waals surface area contributed by atoms with Crippen molar-refractivity contribution in [1.82, 2.24) is 42.1 Å². The molecule has 24 heteroatoms. The lowest BCUT2D eigenvalue weighted by Crippen LogP contribution is -2.61. The zero-order valence-electron chi connectivity index (χ0n) is 42.9. The molecule has 1 fully saturated rings. The molecule has 0 bridgehead atoms. The quantitative estimate of drug-likeness (QED) is 0.0363. The molecule has 73 heavy (non-hydrogen) atoms. The summed E-state index contributed by atoms with van der Waals surface area (Å²) in [5, 5.41) is 37.0. The molecule has 0 radical (unpaired) electrons. The lowest BCUT2D eigenvalue weighted by molar-refractivity contribution is -0.144. The van der Waals surface area contributed by atoms with Crippen LogP contribution in [0.2, 0.25) is 0 Å². The number of hydrogen-bond donors (Lipinski definition) is 12. The highest BCUT2D eigenvalue weighted by atomic mass is 16.4. The molecule has 2 rings (SSSR count). The number of benzene rings is 1. The number of primary amides is 1. The highest BCUT2D eigenvalue weighted by Gasteiger charge is 2.38. The summed E-state index contributed by atoms with van der Waals surface area (Å²) in [7, 11) is 0. The third-order valence-corrected chi connectivity index (χ3v) is 12.0. The zero-order valence-corrected chi connectivity index (χ0v) is 42.9. The highest BCUT2D eigenvalue weighted by molar-refractivity contribution is 5.98. The van der Waals surface area contributed by atoms with Gasteiger partial charge < -0.3 is 69.5 Å². The number of amides is 9. The lowest BCUT2D eigenvalue weighted by atomic mass is 9.98. The van der Waals surface area contributed by atoms with Crippen molar-refractivity contribution in [3.05, 3.63) is 35.9 Å². The number of nitrogens with zero attached hydrogens (tertiary/aromatic N) is 1. The van der Waals surface area contributed by atoms with Gasteiger partial charge in [-0.25, -0.2) is 4.79 Å². The van der Waals surface area contributed by atoms with Crippen LogP contribution in [-0.2, 0) is 59.2 Å². The molecule has 15 N–H and O–H groups in total. The summed E-state index contributed by atoms with van der Waals surface area (Å²) in [5.41, 5.74) is 17.5. The minimum absolute atomic E-state index is 0.0422. The van der Waals surface area contributed by atoms with Gasteiger partial charge in [-0.1, -0.05) is 71.9 Å². The van der Waals surface area contributed by atoms with Crippen LogP contribution in [0.25, 0.3) is 0 Å². The van der Waals surface area contributed by atoms with Gasteiger partial charge in [0.25, 0.3) is 0 Å². The maximum absolute atomic E-state index is 14.3. The summed E-state index contributed by atoms with van der Waals surface area (Å²) in [4.78, 5) is 146. The van der Waals surface area contributed by atoms with E-state index in [1.165, 1.54) is 4.90 Å². The molecule has 0 unspecified atom stereocenters. The van der Waals surface area contributed by atoms with Crippen LogP contribution in [0, 0.1) is 17.8 Å². The number of unbranched alkanes of at least 4 members (excludes halogenated alkanes) is 1. The first-order valence-corrected chi connectivity index (χ1v) is 25.0. The molecule has 408 valence electrons. The third-order valence-electron chi connectivity index (χ3n) is 12.0. The highest BCUT2D eigenvalue weighted by Crippen LogP contribution is 2.19. The number of carbonyl (C=O) groups excluding carboxylic acids is 9. The summed E-state index contributed by atoms with van der Waals surface area (Å²) in [5.74, 6) is -10.3. The first kappa shape index (κ1) is 62.4. The summed E-state index contributed by atoms with van der Waals surface area (Å²) in [6, 6.07) is -1.49. The fraction of sp³-hybridized carbons (Fsp3) is 0.653. The monoisotopic (exact) mass is 1030 g/mol. The van der Waals surface area contributed by atoms with E-state index in [0.29, 0.717) is 31.4 Å². The van der Waals surface area contributed by atoms with Gasteiger partial charge in [-0.2, -0.15) is 0 Å². The Hall–Kier alpha value is -6.69. The molecular formula is C49H79N11O13. The number of hydrogen-bond acceptors (Lipinski definition) is 13. The van der Waals surface area contributed by atoms with E-state index < -0.39 is 132 Å². The van der Waals surface area contributed by atoms with Crippen LogP contribution in [0.4, 0.5) is 0 Å². The molecule has 24 nitrogen and oxygen atoms in total. The fourth-order valence-electron chi connectivity index (χ4n) is 8.09. The molecule has 1 aromatic rings. The minimum atomic E-state index is -1.47.